The quantitative estimate of drug-likeness (QED) is 0.782. The number of nitrogens with two attached hydrogens (primary N) is 1. The van der Waals surface area contributed by atoms with Crippen molar-refractivity contribution >= 4 is 34.0 Å². The van der Waals surface area contributed by atoms with Crippen LogP contribution >= 0.6 is 12.4 Å². The lowest BCUT2D eigenvalue weighted by Gasteiger charge is -2.38. The monoisotopic (exact) mass is 389 g/mol. The first-order chi connectivity index (χ1) is 11.3. The number of piperidine rings is 1. The fourth-order valence-corrected chi connectivity index (χ4v) is 4.26. The van der Waals surface area contributed by atoms with Crippen molar-refractivity contribution in [2.24, 2.45) is 5.73 Å². The van der Waals surface area contributed by atoms with Crippen molar-refractivity contribution in [1.29, 1.82) is 0 Å². The van der Waals surface area contributed by atoms with Crippen LogP contribution < -0.4 is 10.5 Å². The fourth-order valence-electron chi connectivity index (χ4n) is 3.14. The topological polar surface area (TPSA) is 92.5 Å². The van der Waals surface area contributed by atoms with Gasteiger partial charge in [-0.25, -0.2) is 8.42 Å². The van der Waals surface area contributed by atoms with E-state index in [1.165, 1.54) is 0 Å². The highest BCUT2D eigenvalue weighted by Crippen LogP contribution is 2.23. The van der Waals surface area contributed by atoms with E-state index < -0.39 is 10.0 Å². The molecule has 1 aromatic carbocycles. The number of nitrogens with one attached hydrogen (secondary N) is 1. The molecule has 1 amide bonds. The van der Waals surface area contributed by atoms with Gasteiger partial charge in [-0.15, -0.1) is 12.4 Å². The first kappa shape index (κ1) is 21.7. The molecule has 2 rings (SSSR count). The van der Waals surface area contributed by atoms with Gasteiger partial charge in [0.05, 0.1) is 5.75 Å². The zero-order valence-corrected chi connectivity index (χ0v) is 16.4. The van der Waals surface area contributed by atoms with E-state index in [1.54, 1.807) is 24.3 Å². The number of hydrogen-bond donors (Lipinski definition) is 2. The molecule has 142 valence electrons. The molecule has 1 saturated heterocycles. The number of anilines is 1. The molecule has 2 unspecified atom stereocenters. The van der Waals surface area contributed by atoms with E-state index in [0.717, 1.165) is 19.3 Å². The molecule has 1 aliphatic heterocycles. The van der Waals surface area contributed by atoms with E-state index in [0.29, 0.717) is 24.2 Å². The summed E-state index contributed by atoms with van der Waals surface area (Å²) >= 11 is 0. The minimum absolute atomic E-state index is 0. The number of amides is 1. The van der Waals surface area contributed by atoms with Gasteiger partial charge in [-0.3, -0.25) is 9.52 Å². The van der Waals surface area contributed by atoms with E-state index in [-0.39, 0.29) is 36.2 Å². The third-order valence-corrected chi connectivity index (χ3v) is 5.77. The summed E-state index contributed by atoms with van der Waals surface area (Å²) in [7, 11) is -3.37. The lowest BCUT2D eigenvalue weighted by Crippen LogP contribution is -2.51. The number of halogens is 1. The van der Waals surface area contributed by atoms with E-state index in [4.69, 9.17) is 5.73 Å². The number of sulfonamides is 1. The summed E-state index contributed by atoms with van der Waals surface area (Å²) in [6, 6.07) is 6.62. The second kappa shape index (κ2) is 9.40. The lowest BCUT2D eigenvalue weighted by molar-refractivity contribution is 0.0584. The Bertz CT molecular complexity index is 679. The molecule has 1 aromatic rings. The SMILES string of the molecule is CCCS(=O)(=O)Nc1cccc(C(=O)N2CCCCC2C(C)N)c1.Cl. The minimum atomic E-state index is -3.37. The molecule has 0 aromatic heterocycles. The van der Waals surface area contributed by atoms with Crippen LogP contribution in [0, 0.1) is 0 Å². The van der Waals surface area contributed by atoms with Crippen LogP contribution in [0.3, 0.4) is 0 Å². The van der Waals surface area contributed by atoms with Gasteiger partial charge >= 0.3 is 0 Å². The fraction of sp³-hybridized carbons (Fsp3) is 0.588. The first-order valence-electron chi connectivity index (χ1n) is 8.51. The van der Waals surface area contributed by atoms with Crippen LogP contribution in [-0.4, -0.2) is 43.6 Å². The number of hydrogen-bond acceptors (Lipinski definition) is 4. The third kappa shape index (κ3) is 5.87. The minimum Gasteiger partial charge on any atom is -0.334 e. The zero-order valence-electron chi connectivity index (χ0n) is 14.8. The number of nitrogens with zero attached hydrogens (tertiary/aromatic N) is 1. The maximum atomic E-state index is 12.9. The maximum Gasteiger partial charge on any atom is 0.254 e. The Balaban J connectivity index is 0.00000312. The molecule has 1 fully saturated rings. The number of carbonyl (C=O) groups excluding carboxylic acids is 1. The second-order valence-electron chi connectivity index (χ2n) is 6.42. The number of rotatable bonds is 6. The van der Waals surface area contributed by atoms with Gasteiger partial charge in [0.2, 0.25) is 10.0 Å². The highest BCUT2D eigenvalue weighted by molar-refractivity contribution is 7.92. The summed E-state index contributed by atoms with van der Waals surface area (Å²) in [4.78, 5) is 14.7. The highest BCUT2D eigenvalue weighted by atomic mass is 35.5. The summed E-state index contributed by atoms with van der Waals surface area (Å²) in [6.07, 6.45) is 3.49. The van der Waals surface area contributed by atoms with Crippen molar-refractivity contribution in [1.82, 2.24) is 4.90 Å². The predicted molar refractivity (Wildman–Crippen MR) is 104 cm³/mol. The molecule has 0 aliphatic carbocycles. The first-order valence-corrected chi connectivity index (χ1v) is 10.2. The van der Waals surface area contributed by atoms with Gasteiger partial charge in [0.25, 0.3) is 5.91 Å². The molecule has 0 saturated carbocycles. The van der Waals surface area contributed by atoms with Crippen LogP contribution in [0.4, 0.5) is 5.69 Å². The summed E-state index contributed by atoms with van der Waals surface area (Å²) in [6.45, 7) is 4.42. The Labute approximate surface area is 156 Å². The number of likely N-dealkylation sites (tertiary alicyclic amines) is 1. The number of benzene rings is 1. The van der Waals surface area contributed by atoms with Crippen molar-refractivity contribution in [2.45, 2.75) is 51.6 Å². The van der Waals surface area contributed by atoms with Crippen LogP contribution in [0.1, 0.15) is 49.9 Å². The second-order valence-corrected chi connectivity index (χ2v) is 8.26. The molecule has 1 aliphatic rings. The standard InChI is InChI=1S/C17H27N3O3S.ClH/c1-3-11-24(22,23)19-15-8-6-7-14(12-15)17(21)20-10-5-4-9-16(20)13(2)18;/h6-8,12-13,16,19H,3-5,9-11,18H2,1-2H3;1H. The molecule has 25 heavy (non-hydrogen) atoms. The third-order valence-electron chi connectivity index (χ3n) is 4.27. The van der Waals surface area contributed by atoms with Crippen molar-refractivity contribution in [3.63, 3.8) is 0 Å². The molecule has 2 atom stereocenters. The van der Waals surface area contributed by atoms with Crippen LogP contribution in [-0.2, 0) is 10.0 Å². The van der Waals surface area contributed by atoms with E-state index >= 15 is 0 Å². The average molecular weight is 390 g/mol. The van der Waals surface area contributed by atoms with Crippen LogP contribution in [0.2, 0.25) is 0 Å². The van der Waals surface area contributed by atoms with Gasteiger partial charge in [-0.1, -0.05) is 13.0 Å². The zero-order chi connectivity index (χ0) is 17.7. The summed E-state index contributed by atoms with van der Waals surface area (Å²) < 4.78 is 26.3. The molecule has 0 bridgehead atoms. The lowest BCUT2D eigenvalue weighted by atomic mass is 9.96. The normalized spacial score (nSPS) is 19.0. The van der Waals surface area contributed by atoms with Gasteiger partial charge in [-0.05, 0) is 50.8 Å². The molecule has 1 heterocycles. The van der Waals surface area contributed by atoms with Crippen LogP contribution in [0.25, 0.3) is 0 Å². The largest absolute Gasteiger partial charge is 0.334 e. The summed E-state index contributed by atoms with van der Waals surface area (Å²) in [5.74, 6) is -0.0297. The molecule has 0 spiro atoms. The van der Waals surface area contributed by atoms with Gasteiger partial charge in [0.15, 0.2) is 0 Å². The summed E-state index contributed by atoms with van der Waals surface area (Å²) in [5, 5.41) is 0. The average Bonchev–Trinajstić information content (AvgIpc) is 2.53. The van der Waals surface area contributed by atoms with Crippen molar-refractivity contribution in [2.75, 3.05) is 17.0 Å². The van der Waals surface area contributed by atoms with Gasteiger partial charge in [-0.2, -0.15) is 0 Å². The highest BCUT2D eigenvalue weighted by Gasteiger charge is 2.29. The Morgan fingerprint density at radius 3 is 2.76 bits per heavy atom. The smallest absolute Gasteiger partial charge is 0.254 e. The number of carbonyl (C=O) groups is 1. The van der Waals surface area contributed by atoms with Crippen molar-refractivity contribution in [3.05, 3.63) is 29.8 Å². The van der Waals surface area contributed by atoms with Gasteiger partial charge in [0, 0.05) is 29.9 Å². The molecular formula is C17H28ClN3O3S. The Hall–Kier alpha value is -1.31. The van der Waals surface area contributed by atoms with Crippen molar-refractivity contribution < 1.29 is 13.2 Å². The Morgan fingerprint density at radius 1 is 1.40 bits per heavy atom. The molecule has 0 radical (unpaired) electrons. The Morgan fingerprint density at radius 2 is 2.12 bits per heavy atom. The molecular weight excluding hydrogens is 362 g/mol. The van der Waals surface area contributed by atoms with Gasteiger partial charge < -0.3 is 10.6 Å². The maximum absolute atomic E-state index is 12.9. The summed E-state index contributed by atoms with van der Waals surface area (Å²) in [5.41, 5.74) is 6.94. The predicted octanol–water partition coefficient (Wildman–Crippen LogP) is 2.60. The van der Waals surface area contributed by atoms with E-state index in [9.17, 15) is 13.2 Å². The Kier molecular flexibility index (Phi) is 8.18. The van der Waals surface area contributed by atoms with Crippen molar-refractivity contribution in [3.8, 4) is 0 Å². The van der Waals surface area contributed by atoms with Crippen LogP contribution in [0.5, 0.6) is 0 Å². The van der Waals surface area contributed by atoms with Gasteiger partial charge in [0.1, 0.15) is 0 Å². The van der Waals surface area contributed by atoms with E-state index in [1.807, 2.05) is 18.7 Å². The van der Waals surface area contributed by atoms with Crippen LogP contribution in [0.15, 0.2) is 24.3 Å². The van der Waals surface area contributed by atoms with E-state index in [2.05, 4.69) is 4.72 Å². The molecule has 8 heteroatoms. The molecule has 3 N–H and O–H groups in total. The molecule has 6 nitrogen and oxygen atoms in total.